The second-order valence-corrected chi connectivity index (χ2v) is 5.21. The number of aliphatic hydroxyl groups is 3. The van der Waals surface area contributed by atoms with Gasteiger partial charge in [-0.2, -0.15) is 0 Å². The average Bonchev–Trinajstić information content (AvgIpc) is 2.33. The van der Waals surface area contributed by atoms with E-state index in [-0.39, 0.29) is 12.5 Å². The minimum atomic E-state index is -1.28. The number of ether oxygens (including phenoxy) is 1. The second-order valence-electron chi connectivity index (χ2n) is 5.21. The van der Waals surface area contributed by atoms with Crippen molar-refractivity contribution in [2.45, 2.75) is 62.9 Å². The van der Waals surface area contributed by atoms with Crippen LogP contribution in [0.1, 0.15) is 39.0 Å². The molecule has 16 heavy (non-hydrogen) atoms. The predicted octanol–water partition coefficient (Wildman–Crippen LogP) is 0.438. The number of hydrogen-bond donors (Lipinski definition) is 3. The zero-order valence-electron chi connectivity index (χ0n) is 9.80. The lowest BCUT2D eigenvalue weighted by atomic mass is 9.69. The molecule has 2 aliphatic rings. The van der Waals surface area contributed by atoms with Crippen molar-refractivity contribution < 1.29 is 20.1 Å². The van der Waals surface area contributed by atoms with Crippen LogP contribution in [0.5, 0.6) is 0 Å². The first-order chi connectivity index (χ1) is 7.56. The van der Waals surface area contributed by atoms with Crippen molar-refractivity contribution >= 4 is 0 Å². The van der Waals surface area contributed by atoms with Crippen LogP contribution in [0.2, 0.25) is 0 Å². The molecule has 4 heteroatoms. The highest BCUT2D eigenvalue weighted by atomic mass is 16.5. The van der Waals surface area contributed by atoms with Crippen LogP contribution in [-0.4, -0.2) is 45.8 Å². The minimum Gasteiger partial charge on any atom is -0.388 e. The maximum absolute atomic E-state index is 10.7. The van der Waals surface area contributed by atoms with E-state index in [1.54, 1.807) is 6.92 Å². The summed E-state index contributed by atoms with van der Waals surface area (Å²) >= 11 is 0. The number of aliphatic hydroxyl groups excluding tert-OH is 2. The van der Waals surface area contributed by atoms with Crippen LogP contribution in [0.15, 0.2) is 0 Å². The van der Waals surface area contributed by atoms with Crippen molar-refractivity contribution in [3.63, 3.8) is 0 Å². The lowest BCUT2D eigenvalue weighted by Crippen LogP contribution is -2.65. The highest BCUT2D eigenvalue weighted by molar-refractivity contribution is 5.03. The summed E-state index contributed by atoms with van der Waals surface area (Å²) in [5, 5.41) is 30.3. The molecule has 0 spiro atoms. The molecule has 3 N–H and O–H groups in total. The van der Waals surface area contributed by atoms with E-state index in [2.05, 4.69) is 0 Å². The molecule has 1 saturated carbocycles. The fraction of sp³-hybridized carbons (Fsp3) is 1.00. The molecule has 0 aromatic heterocycles. The van der Waals surface area contributed by atoms with Crippen molar-refractivity contribution in [3.8, 4) is 0 Å². The zero-order valence-corrected chi connectivity index (χ0v) is 9.80. The topological polar surface area (TPSA) is 69.9 Å². The van der Waals surface area contributed by atoms with Crippen molar-refractivity contribution in [2.24, 2.45) is 5.92 Å². The van der Waals surface area contributed by atoms with Gasteiger partial charge < -0.3 is 20.1 Å². The van der Waals surface area contributed by atoms with Gasteiger partial charge in [0.15, 0.2) is 0 Å². The molecule has 1 aliphatic carbocycles. The van der Waals surface area contributed by atoms with E-state index in [1.165, 1.54) is 6.42 Å². The van der Waals surface area contributed by atoms with Gasteiger partial charge >= 0.3 is 0 Å². The van der Waals surface area contributed by atoms with Gasteiger partial charge in [-0.1, -0.05) is 19.3 Å². The Kier molecular flexibility index (Phi) is 3.54. The van der Waals surface area contributed by atoms with Gasteiger partial charge in [0.1, 0.15) is 17.8 Å². The Bertz CT molecular complexity index is 239. The van der Waals surface area contributed by atoms with Crippen molar-refractivity contribution in [2.75, 3.05) is 6.61 Å². The first kappa shape index (κ1) is 12.3. The van der Waals surface area contributed by atoms with Crippen molar-refractivity contribution in [3.05, 3.63) is 0 Å². The monoisotopic (exact) mass is 230 g/mol. The molecular formula is C12H22O4. The smallest absolute Gasteiger partial charge is 0.122 e. The van der Waals surface area contributed by atoms with Gasteiger partial charge in [0.05, 0.1) is 12.7 Å². The number of hydrogen-bond acceptors (Lipinski definition) is 4. The molecular weight excluding hydrogens is 208 g/mol. The summed E-state index contributed by atoms with van der Waals surface area (Å²) < 4.78 is 5.37. The van der Waals surface area contributed by atoms with E-state index in [0.29, 0.717) is 0 Å². The first-order valence-corrected chi connectivity index (χ1v) is 6.27. The van der Waals surface area contributed by atoms with E-state index < -0.39 is 23.9 Å². The van der Waals surface area contributed by atoms with Crippen LogP contribution in [0, 0.1) is 5.92 Å². The van der Waals surface area contributed by atoms with E-state index >= 15 is 0 Å². The minimum absolute atomic E-state index is 0.0428. The van der Waals surface area contributed by atoms with Crippen LogP contribution < -0.4 is 0 Å². The molecule has 0 aromatic carbocycles. The summed E-state index contributed by atoms with van der Waals surface area (Å²) in [7, 11) is 0. The molecule has 0 bridgehead atoms. The summed E-state index contributed by atoms with van der Waals surface area (Å²) in [6.07, 6.45) is 2.73. The van der Waals surface area contributed by atoms with Gasteiger partial charge in [-0.15, -0.1) is 0 Å². The lowest BCUT2D eigenvalue weighted by molar-refractivity contribution is -0.260. The molecule has 2 fully saturated rings. The quantitative estimate of drug-likeness (QED) is 0.611. The van der Waals surface area contributed by atoms with Crippen molar-refractivity contribution in [1.29, 1.82) is 0 Å². The van der Waals surface area contributed by atoms with Gasteiger partial charge in [-0.3, -0.25) is 0 Å². The molecule has 1 saturated heterocycles. The van der Waals surface area contributed by atoms with Crippen molar-refractivity contribution in [1.82, 2.24) is 0 Å². The van der Waals surface area contributed by atoms with E-state index in [9.17, 15) is 15.3 Å². The highest BCUT2D eigenvalue weighted by Gasteiger charge is 2.53. The summed E-state index contributed by atoms with van der Waals surface area (Å²) in [6, 6.07) is 0. The van der Waals surface area contributed by atoms with Gasteiger partial charge in [0, 0.05) is 0 Å². The summed E-state index contributed by atoms with van der Waals surface area (Å²) in [5.74, 6) is 0.0428. The Balaban J connectivity index is 2.17. The Morgan fingerprint density at radius 2 is 1.75 bits per heavy atom. The third-order valence-electron chi connectivity index (χ3n) is 4.27. The summed E-state index contributed by atoms with van der Waals surface area (Å²) in [5.41, 5.74) is -1.28. The molecule has 2 rings (SSSR count). The molecule has 1 aliphatic heterocycles. The SMILES string of the molecule is CC1OCC(O)C(O)[C@@]1(O)C1CCCCC1. The zero-order chi connectivity index (χ0) is 11.8. The van der Waals surface area contributed by atoms with E-state index in [1.807, 2.05) is 0 Å². The molecule has 0 radical (unpaired) electrons. The summed E-state index contributed by atoms with van der Waals surface area (Å²) in [6.45, 7) is 1.89. The van der Waals surface area contributed by atoms with Crippen LogP contribution in [0.3, 0.4) is 0 Å². The van der Waals surface area contributed by atoms with Gasteiger partial charge in [0.2, 0.25) is 0 Å². The van der Waals surface area contributed by atoms with Crippen LogP contribution >= 0.6 is 0 Å². The fourth-order valence-electron chi connectivity index (χ4n) is 3.15. The van der Waals surface area contributed by atoms with Gasteiger partial charge in [-0.05, 0) is 25.7 Å². The molecule has 0 aromatic rings. The average molecular weight is 230 g/mol. The van der Waals surface area contributed by atoms with Crippen LogP contribution in [-0.2, 0) is 4.74 Å². The Labute approximate surface area is 96.2 Å². The van der Waals surface area contributed by atoms with E-state index in [0.717, 1.165) is 25.7 Å². The van der Waals surface area contributed by atoms with Gasteiger partial charge in [0.25, 0.3) is 0 Å². The normalized spacial score (nSPS) is 46.9. The standard InChI is InChI=1S/C12H22O4/c1-8-12(15,9-5-3-2-4-6-9)11(14)10(13)7-16-8/h8-11,13-15H,2-7H2,1H3/t8?,10?,11?,12-/m0/s1. The second kappa shape index (κ2) is 4.61. The Morgan fingerprint density at radius 1 is 1.12 bits per heavy atom. The molecule has 94 valence electrons. The molecule has 1 heterocycles. The third kappa shape index (κ3) is 1.88. The lowest BCUT2D eigenvalue weighted by Gasteiger charge is -2.49. The maximum atomic E-state index is 10.7. The molecule has 4 nitrogen and oxygen atoms in total. The molecule has 3 unspecified atom stereocenters. The third-order valence-corrected chi connectivity index (χ3v) is 4.27. The highest BCUT2D eigenvalue weighted by Crippen LogP contribution is 2.40. The Hall–Kier alpha value is -0.160. The largest absolute Gasteiger partial charge is 0.388 e. The van der Waals surface area contributed by atoms with Crippen LogP contribution in [0.25, 0.3) is 0 Å². The molecule has 0 amide bonds. The summed E-state index contributed by atoms with van der Waals surface area (Å²) in [4.78, 5) is 0. The van der Waals surface area contributed by atoms with Crippen LogP contribution in [0.4, 0.5) is 0 Å². The predicted molar refractivity (Wildman–Crippen MR) is 59.0 cm³/mol. The number of rotatable bonds is 1. The Morgan fingerprint density at radius 3 is 2.38 bits per heavy atom. The maximum Gasteiger partial charge on any atom is 0.122 e. The first-order valence-electron chi connectivity index (χ1n) is 6.27. The fourth-order valence-corrected chi connectivity index (χ4v) is 3.15. The molecule has 4 atom stereocenters. The van der Waals surface area contributed by atoms with E-state index in [4.69, 9.17) is 4.74 Å². The van der Waals surface area contributed by atoms with Gasteiger partial charge in [-0.25, -0.2) is 0 Å².